The second-order valence-electron chi connectivity index (χ2n) is 30.7. The Hall–Kier alpha value is -10.2. The van der Waals surface area contributed by atoms with E-state index in [-0.39, 0.29) is 34.6 Å². The summed E-state index contributed by atoms with van der Waals surface area (Å²) in [5.41, 5.74) is 10.5. The van der Waals surface area contributed by atoms with E-state index in [0.29, 0.717) is 140 Å². The van der Waals surface area contributed by atoms with Crippen LogP contribution in [0.3, 0.4) is 0 Å². The summed E-state index contributed by atoms with van der Waals surface area (Å²) in [6.45, 7) is 18.6. The molecule has 8 amide bonds. The number of likely N-dealkylation sites (N-methyl/N-ethyl adjacent to an activating group) is 2. The van der Waals surface area contributed by atoms with E-state index in [1.54, 1.807) is 239 Å². The summed E-state index contributed by atoms with van der Waals surface area (Å²) in [5.74, 6) is -4.02. The van der Waals surface area contributed by atoms with Gasteiger partial charge in [-0.25, -0.2) is 18.7 Å². The molecule has 4 aromatic heterocycles. The summed E-state index contributed by atoms with van der Waals surface area (Å²) < 4.78 is 6.32. The summed E-state index contributed by atoms with van der Waals surface area (Å²) in [6.07, 6.45) is 1.62. The number of imide groups is 4. The van der Waals surface area contributed by atoms with E-state index in [1.807, 2.05) is 74.3 Å². The van der Waals surface area contributed by atoms with Crippen molar-refractivity contribution in [1.82, 2.24) is 70.2 Å². The molecular formula is C93H82Cl12N14O8. The van der Waals surface area contributed by atoms with Crippen LogP contribution in [-0.2, 0) is 14.4 Å². The molecule has 0 aliphatic heterocycles. The standard InChI is InChI=1S/C25H18Cl3N3O2.C24H25Cl3N4O2.C23H23Cl3N4O2.C21H16Cl3N3O2/c1-14-3-5-17(6-4-14)24(32)29-25(33)22-15(2)23(16-7-9-18(26)10-8-16)31(30-22)21-12-11-19(27)13-20(21)28;1-6-30(5)24(3,4)23(33)28-22(32)20-14(2)21(15-7-9-16(25)10-8-15)31(29-20)19-12-11-17(26)13-18(19)27;1-13-19(21(31)27-22(32)23(2,3)29(4)5)28-30(18-11-10-16(25)12-17(18)26)20(13)14-6-8-15(24)9-7-14;1-11-18(21(29)25-20(28)13-2-3-13)26-27(17-9-8-15(23)10-16(17)24)19(11)12-4-6-14(22)7-5-12/h3-13H,1-2H3,(H,29,32,33);7-13H,6H2,1-5H3,(H,28,32,33);6-12H,1-5H3,(H,27,31,32);4-10,13H,2-3H2,1H3,(H,25,28,29). The Morgan fingerprint density at radius 3 is 0.843 bits per heavy atom. The predicted octanol–water partition coefficient (Wildman–Crippen LogP) is 23.4. The number of benzene rings is 9. The van der Waals surface area contributed by atoms with Gasteiger partial charge in [-0.15, -0.1) is 0 Å². The number of aryl methyl sites for hydroxylation is 1. The van der Waals surface area contributed by atoms with Gasteiger partial charge in [-0.1, -0.05) is 212 Å². The van der Waals surface area contributed by atoms with E-state index >= 15 is 0 Å². The maximum absolute atomic E-state index is 13.2. The number of nitrogens with zero attached hydrogens (tertiary/aromatic N) is 10. The summed E-state index contributed by atoms with van der Waals surface area (Å²) in [5, 5.41) is 33.7. The molecule has 34 heteroatoms. The molecule has 22 nitrogen and oxygen atoms in total. The fraction of sp³-hybridized carbons (Fsp3) is 0.204. The molecule has 0 spiro atoms. The minimum absolute atomic E-state index is 0.0808. The Balaban J connectivity index is 0.000000164. The first kappa shape index (κ1) is 97.4. The fourth-order valence-corrected chi connectivity index (χ4v) is 15.4. The van der Waals surface area contributed by atoms with Crippen LogP contribution in [-0.4, -0.2) is 135 Å². The second-order valence-corrected chi connectivity index (χ2v) is 35.8. The highest BCUT2D eigenvalue weighted by Gasteiger charge is 2.37. The number of rotatable bonds is 19. The molecule has 0 saturated heterocycles. The lowest BCUT2D eigenvalue weighted by Crippen LogP contribution is -2.54. The van der Waals surface area contributed by atoms with Crippen molar-refractivity contribution in [3.05, 3.63) is 311 Å². The van der Waals surface area contributed by atoms with Crippen molar-refractivity contribution < 1.29 is 38.4 Å². The summed E-state index contributed by atoms with van der Waals surface area (Å²) >= 11 is 74.2. The highest BCUT2D eigenvalue weighted by molar-refractivity contribution is 6.38. The first-order chi connectivity index (χ1) is 60.0. The van der Waals surface area contributed by atoms with Crippen LogP contribution in [0.1, 0.15) is 128 Å². The molecule has 14 rings (SSSR count). The Morgan fingerprint density at radius 2 is 0.591 bits per heavy atom. The molecular weight excluding hydrogens is 1870 g/mol. The monoisotopic (exact) mass is 1940 g/mol. The average Bonchev–Trinajstić information content (AvgIpc) is 1.63. The molecule has 13 aromatic rings. The molecule has 1 saturated carbocycles. The van der Waals surface area contributed by atoms with Crippen molar-refractivity contribution in [3.8, 4) is 67.8 Å². The third-order valence-electron chi connectivity index (χ3n) is 21.2. The third kappa shape index (κ3) is 22.7. The van der Waals surface area contributed by atoms with Gasteiger partial charge in [-0.3, -0.25) is 69.4 Å². The molecule has 0 unspecified atom stereocenters. The lowest BCUT2D eigenvalue weighted by molar-refractivity contribution is -0.130. The Bertz CT molecular complexity index is 6400. The molecule has 656 valence electrons. The maximum atomic E-state index is 13.2. The molecule has 1 aliphatic rings. The topological polar surface area (TPSA) is 262 Å². The number of carbonyl (C=O) groups excluding carboxylic acids is 8. The zero-order valence-corrected chi connectivity index (χ0v) is 79.5. The normalized spacial score (nSPS) is 11.8. The van der Waals surface area contributed by atoms with Gasteiger partial charge in [0.15, 0.2) is 22.8 Å². The van der Waals surface area contributed by atoms with Crippen molar-refractivity contribution >= 4 is 186 Å². The van der Waals surface area contributed by atoms with Crippen LogP contribution < -0.4 is 21.3 Å². The highest BCUT2D eigenvalue weighted by Crippen LogP contribution is 2.40. The van der Waals surface area contributed by atoms with E-state index in [9.17, 15) is 38.4 Å². The van der Waals surface area contributed by atoms with Gasteiger partial charge in [0.2, 0.25) is 17.7 Å². The smallest absolute Gasteiger partial charge is 0.278 e. The van der Waals surface area contributed by atoms with Crippen molar-refractivity contribution in [3.63, 3.8) is 0 Å². The zero-order chi connectivity index (χ0) is 92.7. The van der Waals surface area contributed by atoms with Gasteiger partial charge in [-0.2, -0.15) is 20.4 Å². The number of hydrogen-bond acceptors (Lipinski definition) is 14. The second kappa shape index (κ2) is 41.5. The van der Waals surface area contributed by atoms with Crippen LogP contribution in [0.15, 0.2) is 194 Å². The van der Waals surface area contributed by atoms with Crippen LogP contribution in [0.4, 0.5) is 0 Å². The lowest BCUT2D eigenvalue weighted by atomic mass is 10.0. The molecule has 1 aliphatic carbocycles. The molecule has 4 heterocycles. The minimum atomic E-state index is -0.884. The first-order valence-corrected chi connectivity index (χ1v) is 43.6. The van der Waals surface area contributed by atoms with Gasteiger partial charge < -0.3 is 0 Å². The van der Waals surface area contributed by atoms with Crippen LogP contribution in [0.5, 0.6) is 0 Å². The predicted molar refractivity (Wildman–Crippen MR) is 508 cm³/mol. The first-order valence-electron chi connectivity index (χ1n) is 39.1. The van der Waals surface area contributed by atoms with Gasteiger partial charge in [0, 0.05) is 96.2 Å². The average molecular weight is 1950 g/mol. The van der Waals surface area contributed by atoms with Crippen LogP contribution in [0, 0.1) is 40.5 Å². The number of nitrogens with one attached hydrogen (secondary N) is 4. The van der Waals surface area contributed by atoms with E-state index < -0.39 is 52.4 Å². The van der Waals surface area contributed by atoms with E-state index in [4.69, 9.17) is 139 Å². The molecule has 1 fully saturated rings. The van der Waals surface area contributed by atoms with Crippen LogP contribution >= 0.6 is 139 Å². The van der Waals surface area contributed by atoms with Crippen LogP contribution in [0.25, 0.3) is 67.8 Å². The molecule has 4 N–H and O–H groups in total. The molecule has 9 aromatic carbocycles. The summed E-state index contributed by atoms with van der Waals surface area (Å²) in [6, 6.07) is 55.7. The van der Waals surface area contributed by atoms with Gasteiger partial charge in [-0.05, 0) is 236 Å². The van der Waals surface area contributed by atoms with Crippen molar-refractivity contribution in [2.75, 3.05) is 27.7 Å². The molecule has 0 bridgehead atoms. The van der Waals surface area contributed by atoms with Gasteiger partial charge >= 0.3 is 0 Å². The Kier molecular flexibility index (Phi) is 31.8. The largest absolute Gasteiger partial charge is 0.296 e. The van der Waals surface area contributed by atoms with Gasteiger partial charge in [0.05, 0.1) is 76.7 Å². The minimum Gasteiger partial charge on any atom is -0.296 e. The van der Waals surface area contributed by atoms with Gasteiger partial charge in [0.1, 0.15) is 0 Å². The summed E-state index contributed by atoms with van der Waals surface area (Å²) in [4.78, 5) is 106. The lowest BCUT2D eigenvalue weighted by Gasteiger charge is -2.32. The van der Waals surface area contributed by atoms with Crippen molar-refractivity contribution in [2.24, 2.45) is 5.92 Å². The quantitative estimate of drug-likeness (QED) is 0.0549. The maximum Gasteiger partial charge on any atom is 0.278 e. The number of carbonyl (C=O) groups is 8. The zero-order valence-electron chi connectivity index (χ0n) is 70.4. The SMILES string of the molecule is CCN(C)C(C)(C)C(=O)NC(=O)c1nn(-c2ccc(Cl)cc2Cl)c(-c2ccc(Cl)cc2)c1C.Cc1c(C(=O)NC(=O)C(C)(C)N(C)C)nn(-c2ccc(Cl)cc2Cl)c1-c1ccc(Cl)cc1.Cc1c(C(=O)NC(=O)C2CC2)nn(-c2ccc(Cl)cc2Cl)c1-c1ccc(Cl)cc1.Cc1ccc(C(=O)NC(=O)c2nn(-c3ccc(Cl)cc3Cl)c(-c3ccc(Cl)cc3)c2C)cc1. The summed E-state index contributed by atoms with van der Waals surface area (Å²) in [7, 11) is 5.36. The van der Waals surface area contributed by atoms with Crippen LogP contribution in [0.2, 0.25) is 60.3 Å². The van der Waals surface area contributed by atoms with E-state index in [2.05, 4.69) is 41.7 Å². The van der Waals surface area contributed by atoms with E-state index in [0.717, 1.165) is 40.7 Å². The van der Waals surface area contributed by atoms with Crippen molar-refractivity contribution in [2.45, 2.75) is 93.2 Å². The number of aromatic nitrogens is 8. The number of amides is 8. The number of halogens is 12. The Morgan fingerprint density at radius 1 is 0.339 bits per heavy atom. The molecule has 127 heavy (non-hydrogen) atoms. The Labute approximate surface area is 793 Å². The van der Waals surface area contributed by atoms with Gasteiger partial charge in [0.25, 0.3) is 29.5 Å². The molecule has 0 radical (unpaired) electrons. The van der Waals surface area contributed by atoms with E-state index in [1.165, 1.54) is 0 Å². The molecule has 0 atom stereocenters. The third-order valence-corrected chi connectivity index (χ3v) is 24.4. The highest BCUT2D eigenvalue weighted by atomic mass is 35.5. The fourth-order valence-electron chi connectivity index (χ4n) is 12.9. The number of hydrogen-bond donors (Lipinski definition) is 4. The van der Waals surface area contributed by atoms with Crippen molar-refractivity contribution in [1.29, 1.82) is 0 Å².